The van der Waals surface area contributed by atoms with Gasteiger partial charge in [0.15, 0.2) is 0 Å². The van der Waals surface area contributed by atoms with Crippen LogP contribution in [0.3, 0.4) is 0 Å². The minimum absolute atomic E-state index is 0.0299. The van der Waals surface area contributed by atoms with E-state index in [0.717, 1.165) is 25.1 Å². The van der Waals surface area contributed by atoms with Crippen molar-refractivity contribution >= 4 is 0 Å². The van der Waals surface area contributed by atoms with E-state index in [4.69, 9.17) is 4.74 Å². The number of benzene rings is 1. The third-order valence-electron chi connectivity index (χ3n) is 6.55. The van der Waals surface area contributed by atoms with E-state index in [1.54, 1.807) is 7.11 Å². The summed E-state index contributed by atoms with van der Waals surface area (Å²) in [7, 11) is 3.65. The van der Waals surface area contributed by atoms with Crippen LogP contribution in [0.5, 0.6) is 5.75 Å². The average molecular weight is 287 g/mol. The van der Waals surface area contributed by atoms with Gasteiger partial charge in [-0.1, -0.05) is 18.9 Å². The van der Waals surface area contributed by atoms with E-state index in [0.29, 0.717) is 5.92 Å². The number of likely N-dealkylation sites (tertiary alicyclic amines) is 1. The molecule has 2 bridgehead atoms. The van der Waals surface area contributed by atoms with E-state index in [1.807, 2.05) is 7.05 Å². The molecule has 3 aliphatic rings. The highest BCUT2D eigenvalue weighted by Crippen LogP contribution is 2.57. The van der Waals surface area contributed by atoms with Gasteiger partial charge in [-0.25, -0.2) is 0 Å². The highest BCUT2D eigenvalue weighted by atomic mass is 16.5. The number of methoxy groups -OCH3 is 1. The summed E-state index contributed by atoms with van der Waals surface area (Å²) in [5.74, 6) is 1.54. The molecule has 2 aliphatic carbocycles. The fraction of sp³-hybridized carbons (Fsp3) is 0.667. The normalized spacial score (nSPS) is 41.1. The van der Waals surface area contributed by atoms with Crippen molar-refractivity contribution in [3.63, 3.8) is 0 Å². The largest absolute Gasteiger partial charge is 0.633 e. The van der Waals surface area contributed by atoms with Gasteiger partial charge in [0.05, 0.1) is 26.7 Å². The molecule has 2 fully saturated rings. The molecule has 0 N–H and O–H groups in total. The molecule has 1 aliphatic heterocycles. The Morgan fingerprint density at radius 2 is 2.14 bits per heavy atom. The summed E-state index contributed by atoms with van der Waals surface area (Å²) < 4.78 is 5.44. The Balaban J connectivity index is 1.89. The highest BCUT2D eigenvalue weighted by Gasteiger charge is 2.57. The van der Waals surface area contributed by atoms with Crippen LogP contribution < -0.4 is 4.74 Å². The first-order valence-electron chi connectivity index (χ1n) is 8.30. The molecule has 0 radical (unpaired) electrons. The smallest absolute Gasteiger partial charge is 0.119 e. The number of quaternary nitrogens is 1. The maximum atomic E-state index is 13.0. The number of ether oxygens (including phenoxy) is 1. The Bertz CT molecular complexity index is 568. The van der Waals surface area contributed by atoms with Crippen LogP contribution in [0.25, 0.3) is 0 Å². The van der Waals surface area contributed by atoms with Gasteiger partial charge in [0.25, 0.3) is 0 Å². The van der Waals surface area contributed by atoms with Crippen molar-refractivity contribution in [3.8, 4) is 5.75 Å². The number of hydrogen-bond donors (Lipinski definition) is 0. The molecule has 1 aromatic rings. The molecule has 3 nitrogen and oxygen atoms in total. The first kappa shape index (κ1) is 13.6. The first-order chi connectivity index (χ1) is 10.1. The van der Waals surface area contributed by atoms with E-state index in [-0.39, 0.29) is 16.1 Å². The summed E-state index contributed by atoms with van der Waals surface area (Å²) in [5.41, 5.74) is 3.16. The number of hydroxylamine groups is 3. The molecule has 3 heteroatoms. The summed E-state index contributed by atoms with van der Waals surface area (Å²) in [6, 6.07) is 6.80. The summed E-state index contributed by atoms with van der Waals surface area (Å²) in [6.45, 7) is 0.776. The van der Waals surface area contributed by atoms with Crippen LogP contribution in [0, 0.1) is 11.1 Å². The minimum Gasteiger partial charge on any atom is -0.633 e. The summed E-state index contributed by atoms with van der Waals surface area (Å²) >= 11 is 0. The number of rotatable bonds is 1. The van der Waals surface area contributed by atoms with Crippen molar-refractivity contribution in [3.05, 3.63) is 34.5 Å². The van der Waals surface area contributed by atoms with Crippen LogP contribution in [0.15, 0.2) is 18.2 Å². The minimum atomic E-state index is -0.0299. The van der Waals surface area contributed by atoms with Gasteiger partial charge in [0.1, 0.15) is 5.75 Å². The predicted octanol–water partition coefficient (Wildman–Crippen LogP) is 3.40. The summed E-state index contributed by atoms with van der Waals surface area (Å²) in [4.78, 5) is 0. The van der Waals surface area contributed by atoms with Crippen molar-refractivity contribution in [1.29, 1.82) is 0 Å². The number of nitrogens with zero attached hydrogens (tertiary/aromatic N) is 1. The second-order valence-corrected chi connectivity index (χ2v) is 7.45. The Hall–Kier alpha value is -1.06. The van der Waals surface area contributed by atoms with Crippen LogP contribution in [-0.4, -0.2) is 31.4 Å². The lowest BCUT2D eigenvalue weighted by Crippen LogP contribution is -2.66. The second kappa shape index (κ2) is 4.47. The highest BCUT2D eigenvalue weighted by molar-refractivity contribution is 5.45. The lowest BCUT2D eigenvalue weighted by molar-refractivity contribution is -0.899. The summed E-state index contributed by atoms with van der Waals surface area (Å²) in [6.07, 6.45) is 7.09. The molecule has 0 spiro atoms. The standard InChI is InChI=1S/C18H25NO2/c1-19(20)10-9-18-8-4-3-5-15(18)17(19)11-13-6-7-14(21-2)12-16(13)18/h6-7,12,15,17H,3-5,8-11H2,1-2H3/t15-,17-,18+,19-/m1/s1. The van der Waals surface area contributed by atoms with Crippen LogP contribution in [0.2, 0.25) is 0 Å². The molecule has 0 unspecified atom stereocenters. The van der Waals surface area contributed by atoms with Gasteiger partial charge in [-0.15, -0.1) is 0 Å². The third kappa shape index (κ3) is 1.80. The van der Waals surface area contributed by atoms with Crippen molar-refractivity contribution in [2.75, 3.05) is 20.7 Å². The summed E-state index contributed by atoms with van der Waals surface area (Å²) in [5, 5.41) is 13.0. The lowest BCUT2D eigenvalue weighted by Gasteiger charge is -2.63. The van der Waals surface area contributed by atoms with Crippen molar-refractivity contribution in [2.24, 2.45) is 5.92 Å². The zero-order chi connectivity index (χ0) is 14.7. The van der Waals surface area contributed by atoms with Gasteiger partial charge in [0, 0.05) is 24.2 Å². The van der Waals surface area contributed by atoms with Crippen LogP contribution in [-0.2, 0) is 11.8 Å². The molecule has 21 heavy (non-hydrogen) atoms. The SMILES string of the molecule is COc1ccc2c(c1)[C@]13CCCC[C@@H]1[C@@H](C2)[N@+](C)([O-])CC3. The molecule has 1 heterocycles. The Labute approximate surface area is 127 Å². The molecule has 114 valence electrons. The molecule has 0 aromatic heterocycles. The van der Waals surface area contributed by atoms with Crippen LogP contribution in [0.1, 0.15) is 43.2 Å². The van der Waals surface area contributed by atoms with Gasteiger partial charge in [-0.3, -0.25) is 0 Å². The topological polar surface area (TPSA) is 32.3 Å². The number of hydrogen-bond acceptors (Lipinski definition) is 2. The molecule has 4 atom stereocenters. The monoisotopic (exact) mass is 287 g/mol. The quantitative estimate of drug-likeness (QED) is 0.586. The van der Waals surface area contributed by atoms with Gasteiger partial charge in [-0.05, 0) is 36.1 Å². The molecular weight excluding hydrogens is 262 g/mol. The fourth-order valence-electron chi connectivity index (χ4n) is 5.46. The maximum Gasteiger partial charge on any atom is 0.119 e. The number of likely N-dealkylation sites (N-methyl/N-ethyl adjacent to an activating group) is 1. The van der Waals surface area contributed by atoms with Crippen molar-refractivity contribution in [2.45, 2.75) is 50.0 Å². The molecule has 1 aromatic carbocycles. The Morgan fingerprint density at radius 3 is 2.95 bits per heavy atom. The van der Waals surface area contributed by atoms with Crippen LogP contribution >= 0.6 is 0 Å². The first-order valence-corrected chi connectivity index (χ1v) is 8.30. The Morgan fingerprint density at radius 1 is 1.29 bits per heavy atom. The van der Waals surface area contributed by atoms with E-state index in [2.05, 4.69) is 18.2 Å². The molecule has 1 saturated carbocycles. The van der Waals surface area contributed by atoms with Gasteiger partial charge < -0.3 is 14.6 Å². The van der Waals surface area contributed by atoms with Gasteiger partial charge >= 0.3 is 0 Å². The number of piperidine rings is 1. The van der Waals surface area contributed by atoms with E-state index in [1.165, 1.54) is 36.8 Å². The molecule has 4 rings (SSSR count). The van der Waals surface area contributed by atoms with Gasteiger partial charge in [0.2, 0.25) is 0 Å². The van der Waals surface area contributed by atoms with Crippen molar-refractivity contribution < 1.29 is 9.38 Å². The predicted molar refractivity (Wildman–Crippen MR) is 83.2 cm³/mol. The molecule has 1 saturated heterocycles. The maximum absolute atomic E-state index is 13.0. The van der Waals surface area contributed by atoms with E-state index >= 15 is 0 Å². The van der Waals surface area contributed by atoms with E-state index in [9.17, 15) is 5.21 Å². The van der Waals surface area contributed by atoms with Crippen molar-refractivity contribution in [1.82, 2.24) is 0 Å². The zero-order valence-electron chi connectivity index (χ0n) is 13.1. The van der Waals surface area contributed by atoms with Crippen LogP contribution in [0.4, 0.5) is 0 Å². The molecule has 0 amide bonds. The number of fused-ring (bicyclic) bond motifs is 1. The fourth-order valence-corrected chi connectivity index (χ4v) is 5.46. The molecular formula is C18H25NO2. The average Bonchev–Trinajstić information content (AvgIpc) is 2.51. The van der Waals surface area contributed by atoms with E-state index < -0.39 is 0 Å². The lowest BCUT2D eigenvalue weighted by atomic mass is 9.52. The Kier molecular flexibility index (Phi) is 2.89. The second-order valence-electron chi connectivity index (χ2n) is 7.45. The van der Waals surface area contributed by atoms with Gasteiger partial charge in [-0.2, -0.15) is 0 Å². The zero-order valence-corrected chi connectivity index (χ0v) is 13.1. The third-order valence-corrected chi connectivity index (χ3v) is 6.55.